The van der Waals surface area contributed by atoms with Crippen LogP contribution in [0, 0.1) is 5.92 Å². The van der Waals surface area contributed by atoms with Gasteiger partial charge in [0, 0.05) is 11.4 Å². The number of rotatable bonds is 15. The maximum Gasteiger partial charge on any atom is 0.325 e. The van der Waals surface area contributed by atoms with Gasteiger partial charge in [0.25, 0.3) is 0 Å². The lowest BCUT2D eigenvalue weighted by Gasteiger charge is -2.20. The third kappa shape index (κ3) is 8.64. The molecule has 5 nitrogen and oxygen atoms in total. The molecule has 0 aliphatic heterocycles. The maximum absolute atomic E-state index is 12.1. The first-order valence-electron chi connectivity index (χ1n) is 13.5. The molecule has 3 rings (SSSR count). The highest BCUT2D eigenvalue weighted by molar-refractivity contribution is 5.76. The van der Waals surface area contributed by atoms with Crippen LogP contribution in [-0.4, -0.2) is 17.6 Å². The summed E-state index contributed by atoms with van der Waals surface area (Å²) in [7, 11) is 0. The van der Waals surface area contributed by atoms with Crippen molar-refractivity contribution in [2.45, 2.75) is 71.9 Å². The van der Waals surface area contributed by atoms with Crippen molar-refractivity contribution in [3.05, 3.63) is 89.5 Å². The molecular weight excluding hydrogens is 460 g/mol. The summed E-state index contributed by atoms with van der Waals surface area (Å²) in [5.41, 5.74) is 4.87. The summed E-state index contributed by atoms with van der Waals surface area (Å²) >= 11 is 0. The van der Waals surface area contributed by atoms with Crippen LogP contribution < -0.4 is 15.4 Å². The van der Waals surface area contributed by atoms with E-state index < -0.39 is 12.0 Å². The normalized spacial score (nSPS) is 12.8. The second-order valence-corrected chi connectivity index (χ2v) is 10.0. The van der Waals surface area contributed by atoms with Gasteiger partial charge in [0.05, 0.1) is 0 Å². The number of aliphatic carboxylic acids is 1. The molecule has 0 spiro atoms. The predicted octanol–water partition coefficient (Wildman–Crippen LogP) is 8.06. The number of carboxylic acid groups (broad SMARTS) is 1. The average Bonchev–Trinajstić information content (AvgIpc) is 2.90. The number of ether oxygens (including phenoxy) is 1. The van der Waals surface area contributed by atoms with Crippen molar-refractivity contribution < 1.29 is 14.6 Å². The Kier molecular flexibility index (Phi) is 11.0. The topological polar surface area (TPSA) is 70.6 Å². The van der Waals surface area contributed by atoms with Crippen LogP contribution in [0.25, 0.3) is 0 Å². The summed E-state index contributed by atoms with van der Waals surface area (Å²) in [5, 5.41) is 16.7. The minimum absolute atomic E-state index is 0.286. The van der Waals surface area contributed by atoms with Gasteiger partial charge in [-0.3, -0.25) is 4.79 Å². The minimum atomic E-state index is -0.858. The van der Waals surface area contributed by atoms with Crippen LogP contribution in [0.15, 0.2) is 72.8 Å². The summed E-state index contributed by atoms with van der Waals surface area (Å²) in [6, 6.07) is 23.2. The SMILES string of the molecule is CCCC(CC)CCNC(C(=O)O)c1cccc(Nc2ccc(OCc3ccccc3)cc2C(C)C)c1. The predicted molar refractivity (Wildman–Crippen MR) is 153 cm³/mol. The monoisotopic (exact) mass is 502 g/mol. The Morgan fingerprint density at radius 1 is 0.946 bits per heavy atom. The van der Waals surface area contributed by atoms with Crippen LogP contribution in [-0.2, 0) is 11.4 Å². The van der Waals surface area contributed by atoms with E-state index in [4.69, 9.17) is 4.74 Å². The molecule has 2 unspecified atom stereocenters. The van der Waals surface area contributed by atoms with E-state index in [1.807, 2.05) is 54.6 Å². The van der Waals surface area contributed by atoms with Crippen LogP contribution in [0.4, 0.5) is 11.4 Å². The molecule has 0 amide bonds. The molecule has 3 aromatic rings. The van der Waals surface area contributed by atoms with Crippen LogP contribution >= 0.6 is 0 Å². The number of anilines is 2. The van der Waals surface area contributed by atoms with Gasteiger partial charge in [-0.2, -0.15) is 0 Å². The van der Waals surface area contributed by atoms with Gasteiger partial charge in [-0.15, -0.1) is 0 Å². The largest absolute Gasteiger partial charge is 0.489 e. The van der Waals surface area contributed by atoms with Gasteiger partial charge in [-0.25, -0.2) is 0 Å². The van der Waals surface area contributed by atoms with Crippen molar-refractivity contribution in [2.24, 2.45) is 5.92 Å². The molecule has 3 aromatic carbocycles. The van der Waals surface area contributed by atoms with E-state index in [1.54, 1.807) is 0 Å². The molecule has 198 valence electrons. The van der Waals surface area contributed by atoms with Crippen LogP contribution in [0.3, 0.4) is 0 Å². The van der Waals surface area contributed by atoms with Crippen molar-refractivity contribution in [3.8, 4) is 5.75 Å². The van der Waals surface area contributed by atoms with Gasteiger partial charge in [0.2, 0.25) is 0 Å². The Bertz CT molecular complexity index is 1110. The molecule has 0 aliphatic rings. The lowest BCUT2D eigenvalue weighted by molar-refractivity contribution is -0.139. The van der Waals surface area contributed by atoms with E-state index in [-0.39, 0.29) is 5.92 Å². The van der Waals surface area contributed by atoms with E-state index in [2.05, 4.69) is 56.5 Å². The molecule has 0 fully saturated rings. The molecule has 0 heterocycles. The zero-order valence-corrected chi connectivity index (χ0v) is 22.7. The Morgan fingerprint density at radius 2 is 1.73 bits per heavy atom. The third-order valence-corrected chi connectivity index (χ3v) is 6.81. The maximum atomic E-state index is 12.1. The molecule has 0 bridgehead atoms. The fourth-order valence-electron chi connectivity index (χ4n) is 4.65. The highest BCUT2D eigenvalue weighted by Crippen LogP contribution is 2.32. The minimum Gasteiger partial charge on any atom is -0.489 e. The molecule has 37 heavy (non-hydrogen) atoms. The number of hydrogen-bond acceptors (Lipinski definition) is 4. The summed E-state index contributed by atoms with van der Waals surface area (Å²) < 4.78 is 6.04. The fourth-order valence-corrected chi connectivity index (χ4v) is 4.65. The van der Waals surface area contributed by atoms with Gasteiger partial charge >= 0.3 is 5.97 Å². The van der Waals surface area contributed by atoms with Gasteiger partial charge in [0.15, 0.2) is 0 Å². The lowest BCUT2D eigenvalue weighted by Crippen LogP contribution is -2.30. The first-order valence-corrected chi connectivity index (χ1v) is 13.5. The van der Waals surface area contributed by atoms with Crippen molar-refractivity contribution in [1.82, 2.24) is 5.32 Å². The fraction of sp³-hybridized carbons (Fsp3) is 0.406. The van der Waals surface area contributed by atoms with Crippen LogP contribution in [0.5, 0.6) is 5.75 Å². The zero-order chi connectivity index (χ0) is 26.6. The molecule has 0 saturated carbocycles. The van der Waals surface area contributed by atoms with E-state index in [0.29, 0.717) is 19.1 Å². The van der Waals surface area contributed by atoms with Crippen molar-refractivity contribution >= 4 is 17.3 Å². The Balaban J connectivity index is 1.71. The van der Waals surface area contributed by atoms with E-state index in [9.17, 15) is 9.90 Å². The first-order chi connectivity index (χ1) is 17.9. The van der Waals surface area contributed by atoms with E-state index in [0.717, 1.165) is 53.1 Å². The van der Waals surface area contributed by atoms with E-state index in [1.165, 1.54) is 6.42 Å². The second-order valence-electron chi connectivity index (χ2n) is 10.0. The number of nitrogens with one attached hydrogen (secondary N) is 2. The van der Waals surface area contributed by atoms with Gasteiger partial charge in [-0.1, -0.05) is 89.4 Å². The van der Waals surface area contributed by atoms with Crippen molar-refractivity contribution in [3.63, 3.8) is 0 Å². The summed E-state index contributed by atoms with van der Waals surface area (Å²) in [6.45, 7) is 9.93. The Morgan fingerprint density at radius 3 is 2.41 bits per heavy atom. The Labute approximate surface area is 222 Å². The number of benzene rings is 3. The highest BCUT2D eigenvalue weighted by atomic mass is 16.5. The molecule has 2 atom stereocenters. The van der Waals surface area contributed by atoms with Gasteiger partial charge in [-0.05, 0) is 71.8 Å². The lowest BCUT2D eigenvalue weighted by atomic mass is 9.96. The number of hydrogen-bond donors (Lipinski definition) is 3. The smallest absolute Gasteiger partial charge is 0.325 e. The molecule has 0 saturated heterocycles. The van der Waals surface area contributed by atoms with E-state index >= 15 is 0 Å². The van der Waals surface area contributed by atoms with Gasteiger partial charge < -0.3 is 20.5 Å². The molecule has 0 radical (unpaired) electrons. The summed E-state index contributed by atoms with van der Waals surface area (Å²) in [5.74, 6) is 0.891. The standard InChI is InChI=1S/C32H42N2O3/c1-5-11-24(6-2)18-19-33-31(32(35)36)26-14-10-15-27(20-26)34-30-17-16-28(21-29(30)23(3)4)37-22-25-12-8-7-9-13-25/h7-10,12-17,20-21,23-24,31,33-34H,5-6,11,18-19,22H2,1-4H3,(H,35,36). The van der Waals surface area contributed by atoms with Crippen LogP contribution in [0.2, 0.25) is 0 Å². The summed E-state index contributed by atoms with van der Waals surface area (Å²) in [6.07, 6.45) is 4.46. The summed E-state index contributed by atoms with van der Waals surface area (Å²) in [4.78, 5) is 12.1. The van der Waals surface area contributed by atoms with Crippen LogP contribution in [0.1, 0.15) is 82.0 Å². The zero-order valence-electron chi connectivity index (χ0n) is 22.7. The van der Waals surface area contributed by atoms with Gasteiger partial charge in [0.1, 0.15) is 18.4 Å². The molecule has 3 N–H and O–H groups in total. The van der Waals surface area contributed by atoms with Crippen molar-refractivity contribution in [2.75, 3.05) is 11.9 Å². The third-order valence-electron chi connectivity index (χ3n) is 6.81. The van der Waals surface area contributed by atoms with Crippen molar-refractivity contribution in [1.29, 1.82) is 0 Å². The second kappa shape index (κ2) is 14.4. The molecule has 0 aliphatic carbocycles. The number of carboxylic acids is 1. The molecule has 0 aromatic heterocycles. The first kappa shape index (κ1) is 28.3. The average molecular weight is 503 g/mol. The quantitative estimate of drug-likeness (QED) is 0.196. The molecular formula is C32H42N2O3. The Hall–Kier alpha value is -3.31. The highest BCUT2D eigenvalue weighted by Gasteiger charge is 2.20. The molecule has 5 heteroatoms. The number of carbonyl (C=O) groups is 1.